The minimum Gasteiger partial charge on any atom is -0.493 e. The van der Waals surface area contributed by atoms with Crippen LogP contribution in [0.1, 0.15) is 15.9 Å². The van der Waals surface area contributed by atoms with Crippen LogP contribution >= 0.6 is 0 Å². The molecule has 0 unspecified atom stereocenters. The van der Waals surface area contributed by atoms with Crippen LogP contribution in [0.5, 0.6) is 28.7 Å². The predicted molar refractivity (Wildman–Crippen MR) is 118 cm³/mol. The highest BCUT2D eigenvalue weighted by atomic mass is 16.5. The molecular weight excluding hydrogens is 412 g/mol. The van der Waals surface area contributed by atoms with Gasteiger partial charge >= 0.3 is 5.97 Å². The van der Waals surface area contributed by atoms with Gasteiger partial charge in [-0.05, 0) is 55.0 Å². The summed E-state index contributed by atoms with van der Waals surface area (Å²) in [4.78, 5) is 25.3. The zero-order chi connectivity index (χ0) is 22.7. The Bertz CT molecular complexity index is 1350. The lowest BCUT2D eigenvalue weighted by molar-refractivity contribution is 0.0734. The molecule has 4 rings (SSSR count). The zero-order valence-corrected chi connectivity index (χ0v) is 17.7. The summed E-state index contributed by atoms with van der Waals surface area (Å²) in [6, 6.07) is 16.6. The Balaban J connectivity index is 1.57. The Labute approximate surface area is 183 Å². The molecule has 162 valence electrons. The third-order valence-corrected chi connectivity index (χ3v) is 4.76. The van der Waals surface area contributed by atoms with Gasteiger partial charge in [-0.3, -0.25) is 4.79 Å². The molecule has 7 nitrogen and oxygen atoms in total. The highest BCUT2D eigenvalue weighted by molar-refractivity contribution is 5.92. The first-order valence-electron chi connectivity index (χ1n) is 9.73. The summed E-state index contributed by atoms with van der Waals surface area (Å²) in [5.41, 5.74) is 1.23. The Morgan fingerprint density at radius 2 is 1.66 bits per heavy atom. The number of carbonyl (C=O) groups is 1. The molecule has 1 aromatic heterocycles. The highest BCUT2D eigenvalue weighted by Gasteiger charge is 2.15. The molecule has 1 heterocycles. The molecule has 0 saturated carbocycles. The van der Waals surface area contributed by atoms with Gasteiger partial charge in [-0.15, -0.1) is 0 Å². The monoisotopic (exact) mass is 432 g/mol. The van der Waals surface area contributed by atoms with Crippen LogP contribution in [-0.4, -0.2) is 20.2 Å². The second-order valence-electron chi connectivity index (χ2n) is 6.96. The number of rotatable bonds is 6. The number of hydrogen-bond donors (Lipinski definition) is 0. The maximum absolute atomic E-state index is 12.8. The third-order valence-electron chi connectivity index (χ3n) is 4.76. The highest BCUT2D eigenvalue weighted by Crippen LogP contribution is 2.29. The van der Waals surface area contributed by atoms with E-state index in [0.29, 0.717) is 22.6 Å². The van der Waals surface area contributed by atoms with Crippen molar-refractivity contribution in [3.63, 3.8) is 0 Å². The fourth-order valence-electron chi connectivity index (χ4n) is 3.16. The van der Waals surface area contributed by atoms with Gasteiger partial charge in [0.1, 0.15) is 23.3 Å². The van der Waals surface area contributed by atoms with E-state index >= 15 is 0 Å². The summed E-state index contributed by atoms with van der Waals surface area (Å²) in [7, 11) is 2.99. The third kappa shape index (κ3) is 4.27. The summed E-state index contributed by atoms with van der Waals surface area (Å²) in [6.45, 7) is 1.93. The minimum absolute atomic E-state index is 0.0678. The number of hydrogen-bond acceptors (Lipinski definition) is 7. The van der Waals surface area contributed by atoms with Crippen molar-refractivity contribution in [2.75, 3.05) is 14.2 Å². The van der Waals surface area contributed by atoms with Gasteiger partial charge in [-0.25, -0.2) is 4.79 Å². The van der Waals surface area contributed by atoms with Crippen molar-refractivity contribution in [3.8, 4) is 28.7 Å². The number of esters is 1. The van der Waals surface area contributed by atoms with Crippen LogP contribution < -0.4 is 24.4 Å². The molecule has 0 bridgehead atoms. The van der Waals surface area contributed by atoms with E-state index in [-0.39, 0.29) is 28.1 Å². The van der Waals surface area contributed by atoms with Crippen LogP contribution in [0.25, 0.3) is 11.0 Å². The second kappa shape index (κ2) is 8.85. The van der Waals surface area contributed by atoms with Crippen molar-refractivity contribution in [1.29, 1.82) is 0 Å². The van der Waals surface area contributed by atoms with E-state index in [1.807, 2.05) is 25.1 Å². The van der Waals surface area contributed by atoms with Crippen LogP contribution in [0.3, 0.4) is 0 Å². The molecule has 0 radical (unpaired) electrons. The van der Waals surface area contributed by atoms with E-state index in [2.05, 4.69) is 0 Å². The molecule has 0 aliphatic heterocycles. The Hall–Kier alpha value is -4.26. The van der Waals surface area contributed by atoms with E-state index < -0.39 is 5.97 Å². The molecule has 0 fully saturated rings. The lowest BCUT2D eigenvalue weighted by Gasteiger charge is -2.10. The first-order valence-corrected chi connectivity index (χ1v) is 9.73. The minimum atomic E-state index is -0.591. The molecule has 0 amide bonds. The fourth-order valence-corrected chi connectivity index (χ4v) is 3.16. The normalized spacial score (nSPS) is 10.6. The van der Waals surface area contributed by atoms with Crippen molar-refractivity contribution in [1.82, 2.24) is 0 Å². The lowest BCUT2D eigenvalue weighted by Crippen LogP contribution is -2.09. The van der Waals surface area contributed by atoms with Crippen LogP contribution in [-0.2, 0) is 0 Å². The largest absolute Gasteiger partial charge is 0.493 e. The number of benzene rings is 3. The smallest absolute Gasteiger partial charge is 0.343 e. The Morgan fingerprint density at radius 3 is 2.41 bits per heavy atom. The summed E-state index contributed by atoms with van der Waals surface area (Å²) >= 11 is 0. The van der Waals surface area contributed by atoms with Gasteiger partial charge in [0.15, 0.2) is 11.5 Å². The molecule has 0 spiro atoms. The Kier molecular flexibility index (Phi) is 5.81. The van der Waals surface area contributed by atoms with Crippen molar-refractivity contribution in [2.24, 2.45) is 0 Å². The molecule has 32 heavy (non-hydrogen) atoms. The average Bonchev–Trinajstić information content (AvgIpc) is 2.80. The maximum atomic E-state index is 12.8. The lowest BCUT2D eigenvalue weighted by atomic mass is 10.2. The molecule has 0 aliphatic carbocycles. The average molecular weight is 432 g/mol. The summed E-state index contributed by atoms with van der Waals surface area (Å²) < 4.78 is 27.1. The van der Waals surface area contributed by atoms with E-state index in [4.69, 9.17) is 23.4 Å². The standard InChI is InChI=1S/C25H20O7/c1-15-5-4-6-17(11-15)31-23-14-30-21-13-18(8-9-19(21)24(23)26)32-25(27)16-7-10-20(28-2)22(12-16)29-3/h4-14H,1-3H3. The molecule has 0 saturated heterocycles. The number of fused-ring (bicyclic) bond motifs is 1. The zero-order valence-electron chi connectivity index (χ0n) is 17.7. The number of carbonyl (C=O) groups excluding carboxylic acids is 1. The van der Waals surface area contributed by atoms with E-state index in [1.54, 1.807) is 18.2 Å². The van der Waals surface area contributed by atoms with Crippen LogP contribution in [0.2, 0.25) is 0 Å². The molecule has 3 aromatic carbocycles. The van der Waals surface area contributed by atoms with Crippen molar-refractivity contribution >= 4 is 16.9 Å². The van der Waals surface area contributed by atoms with Crippen molar-refractivity contribution in [2.45, 2.75) is 6.92 Å². The molecule has 4 aromatic rings. The van der Waals surface area contributed by atoms with Crippen molar-refractivity contribution in [3.05, 3.63) is 88.3 Å². The summed E-state index contributed by atoms with van der Waals surface area (Å²) in [6.07, 6.45) is 1.24. The number of methoxy groups -OCH3 is 2. The van der Waals surface area contributed by atoms with Gasteiger partial charge in [0.2, 0.25) is 11.2 Å². The second-order valence-corrected chi connectivity index (χ2v) is 6.96. The molecule has 0 N–H and O–H groups in total. The van der Waals surface area contributed by atoms with Gasteiger partial charge in [0.25, 0.3) is 0 Å². The van der Waals surface area contributed by atoms with Crippen LogP contribution in [0.15, 0.2) is 76.1 Å². The van der Waals surface area contributed by atoms with Gasteiger partial charge < -0.3 is 23.4 Å². The van der Waals surface area contributed by atoms with Gasteiger partial charge in [-0.1, -0.05) is 12.1 Å². The first-order chi connectivity index (χ1) is 15.5. The van der Waals surface area contributed by atoms with E-state index in [0.717, 1.165) is 5.56 Å². The van der Waals surface area contributed by atoms with E-state index in [9.17, 15) is 9.59 Å². The topological polar surface area (TPSA) is 84.2 Å². The number of aryl methyl sites for hydroxylation is 1. The van der Waals surface area contributed by atoms with Gasteiger partial charge in [-0.2, -0.15) is 0 Å². The molecular formula is C25H20O7. The predicted octanol–water partition coefficient (Wildman–Crippen LogP) is 5.13. The summed E-state index contributed by atoms with van der Waals surface area (Å²) in [5.74, 6) is 1.16. The molecule has 7 heteroatoms. The first kappa shape index (κ1) is 21.0. The SMILES string of the molecule is COc1ccc(C(=O)Oc2ccc3c(=O)c(Oc4cccc(C)c4)coc3c2)cc1OC. The van der Waals surface area contributed by atoms with Crippen LogP contribution in [0.4, 0.5) is 0 Å². The summed E-state index contributed by atoms with van der Waals surface area (Å²) in [5, 5.41) is 0.307. The molecule has 0 atom stereocenters. The molecule has 0 aliphatic rings. The fraction of sp³-hybridized carbons (Fsp3) is 0.120. The van der Waals surface area contributed by atoms with Crippen molar-refractivity contribution < 1.29 is 28.2 Å². The quantitative estimate of drug-likeness (QED) is 0.308. The van der Waals surface area contributed by atoms with Crippen LogP contribution in [0, 0.1) is 6.92 Å². The maximum Gasteiger partial charge on any atom is 0.343 e. The number of ether oxygens (including phenoxy) is 4. The van der Waals surface area contributed by atoms with E-state index in [1.165, 1.54) is 44.7 Å². The Morgan fingerprint density at radius 1 is 0.844 bits per heavy atom. The van der Waals surface area contributed by atoms with Gasteiger partial charge in [0, 0.05) is 6.07 Å². The van der Waals surface area contributed by atoms with Gasteiger partial charge in [0.05, 0.1) is 25.2 Å².